The van der Waals surface area contributed by atoms with Gasteiger partial charge in [0.05, 0.1) is 18.2 Å². The van der Waals surface area contributed by atoms with Gasteiger partial charge in [-0.2, -0.15) is 5.26 Å². The van der Waals surface area contributed by atoms with E-state index in [9.17, 15) is 4.79 Å². The summed E-state index contributed by atoms with van der Waals surface area (Å²) in [7, 11) is 0. The fourth-order valence-electron chi connectivity index (χ4n) is 2.44. The number of nitrogens with zero attached hydrogens (tertiary/aromatic N) is 4. The Morgan fingerprint density at radius 2 is 2.00 bits per heavy atom. The summed E-state index contributed by atoms with van der Waals surface area (Å²) in [5.41, 5.74) is 3.02. The van der Waals surface area contributed by atoms with E-state index in [-0.39, 0.29) is 17.7 Å². The largest absolute Gasteiger partial charge is 0.358 e. The van der Waals surface area contributed by atoms with Crippen LogP contribution in [0.25, 0.3) is 0 Å². The average Bonchev–Trinajstić information content (AvgIpc) is 2.99. The van der Waals surface area contributed by atoms with Crippen LogP contribution in [0.3, 0.4) is 0 Å². The van der Waals surface area contributed by atoms with Crippen molar-refractivity contribution in [3.8, 4) is 6.07 Å². The number of amides is 1. The standard InChI is InChI=1S/C18H23N5OS2/c1-12(2)20-17-21-22-18(26-17)25-11-16(24)23(7-5-6-19)15-9-13(3)8-14(4)10-15/h8-10,12H,5,7,11H2,1-4H3,(H,20,21). The van der Waals surface area contributed by atoms with Crippen LogP contribution in [-0.2, 0) is 4.79 Å². The van der Waals surface area contributed by atoms with E-state index in [4.69, 9.17) is 5.26 Å². The monoisotopic (exact) mass is 389 g/mol. The second kappa shape index (κ2) is 9.55. The summed E-state index contributed by atoms with van der Waals surface area (Å²) in [5, 5.41) is 21.1. The maximum Gasteiger partial charge on any atom is 0.237 e. The van der Waals surface area contributed by atoms with Crippen LogP contribution in [0, 0.1) is 25.2 Å². The summed E-state index contributed by atoms with van der Waals surface area (Å²) in [6.07, 6.45) is 0.296. The Labute approximate surface area is 162 Å². The van der Waals surface area contributed by atoms with Crippen molar-refractivity contribution in [2.45, 2.75) is 44.5 Å². The molecule has 0 unspecified atom stereocenters. The van der Waals surface area contributed by atoms with Crippen LogP contribution in [0.1, 0.15) is 31.4 Å². The summed E-state index contributed by atoms with van der Waals surface area (Å²) in [6, 6.07) is 8.42. The van der Waals surface area contributed by atoms with Gasteiger partial charge >= 0.3 is 0 Å². The van der Waals surface area contributed by atoms with Crippen molar-refractivity contribution in [3.05, 3.63) is 29.3 Å². The van der Waals surface area contributed by atoms with Crippen molar-refractivity contribution in [3.63, 3.8) is 0 Å². The number of rotatable bonds is 8. The Balaban J connectivity index is 2.06. The van der Waals surface area contributed by atoms with E-state index in [1.165, 1.54) is 23.1 Å². The minimum absolute atomic E-state index is 0.0381. The number of hydrogen-bond acceptors (Lipinski definition) is 7. The minimum Gasteiger partial charge on any atom is -0.358 e. The van der Waals surface area contributed by atoms with Gasteiger partial charge in [-0.05, 0) is 51.0 Å². The van der Waals surface area contributed by atoms with Crippen LogP contribution in [-0.4, -0.2) is 34.4 Å². The summed E-state index contributed by atoms with van der Waals surface area (Å²) in [6.45, 7) is 8.46. The highest BCUT2D eigenvalue weighted by molar-refractivity contribution is 8.01. The third-order valence-electron chi connectivity index (χ3n) is 3.40. The molecule has 1 heterocycles. The van der Waals surface area contributed by atoms with Crippen molar-refractivity contribution in [2.75, 3.05) is 22.5 Å². The van der Waals surface area contributed by atoms with Gasteiger partial charge in [0.15, 0.2) is 4.34 Å². The van der Waals surface area contributed by atoms with Crippen molar-refractivity contribution in [1.82, 2.24) is 10.2 Å². The van der Waals surface area contributed by atoms with Crippen molar-refractivity contribution in [1.29, 1.82) is 5.26 Å². The molecular formula is C18H23N5OS2. The summed E-state index contributed by atoms with van der Waals surface area (Å²) in [5.74, 6) is 0.221. The van der Waals surface area contributed by atoms with E-state index in [1.807, 2.05) is 39.8 Å². The first kappa shape index (κ1) is 20.2. The second-order valence-electron chi connectivity index (χ2n) is 6.26. The Hall–Kier alpha value is -2.11. The van der Waals surface area contributed by atoms with Crippen LogP contribution in [0.2, 0.25) is 0 Å². The molecule has 0 bridgehead atoms. The molecule has 0 aliphatic carbocycles. The maximum absolute atomic E-state index is 12.8. The molecule has 0 atom stereocenters. The quantitative estimate of drug-likeness (QED) is 0.687. The Bertz CT molecular complexity index is 777. The molecule has 8 heteroatoms. The highest BCUT2D eigenvalue weighted by atomic mass is 32.2. The number of hydrogen-bond donors (Lipinski definition) is 1. The number of carbonyl (C=O) groups is 1. The van der Waals surface area contributed by atoms with Gasteiger partial charge in [0.25, 0.3) is 0 Å². The molecule has 2 rings (SSSR count). The zero-order chi connectivity index (χ0) is 19.1. The molecule has 0 saturated carbocycles. The molecule has 0 spiro atoms. The molecule has 1 aromatic carbocycles. The van der Waals surface area contributed by atoms with Gasteiger partial charge in [-0.1, -0.05) is 29.2 Å². The number of benzene rings is 1. The highest BCUT2D eigenvalue weighted by Crippen LogP contribution is 2.27. The highest BCUT2D eigenvalue weighted by Gasteiger charge is 2.17. The molecule has 1 amide bonds. The number of thioether (sulfide) groups is 1. The number of nitriles is 1. The van der Waals surface area contributed by atoms with E-state index in [2.05, 4.69) is 27.6 Å². The normalized spacial score (nSPS) is 10.6. The van der Waals surface area contributed by atoms with Gasteiger partial charge < -0.3 is 10.2 Å². The lowest BCUT2D eigenvalue weighted by Gasteiger charge is -2.22. The molecule has 0 radical (unpaired) electrons. The second-order valence-corrected chi connectivity index (χ2v) is 8.46. The lowest BCUT2D eigenvalue weighted by Crippen LogP contribution is -2.33. The van der Waals surface area contributed by atoms with Gasteiger partial charge in [-0.3, -0.25) is 4.79 Å². The lowest BCUT2D eigenvalue weighted by molar-refractivity contribution is -0.116. The Kier molecular flexibility index (Phi) is 7.42. The first-order valence-electron chi connectivity index (χ1n) is 8.37. The van der Waals surface area contributed by atoms with Crippen LogP contribution in [0.5, 0.6) is 0 Å². The van der Waals surface area contributed by atoms with Crippen LogP contribution >= 0.6 is 23.1 Å². The molecule has 0 fully saturated rings. The third kappa shape index (κ3) is 6.00. The van der Waals surface area contributed by atoms with Crippen LogP contribution < -0.4 is 10.2 Å². The third-order valence-corrected chi connectivity index (χ3v) is 5.38. The molecule has 1 aromatic heterocycles. The molecule has 2 aromatic rings. The van der Waals surface area contributed by atoms with E-state index < -0.39 is 0 Å². The summed E-state index contributed by atoms with van der Waals surface area (Å²) in [4.78, 5) is 14.5. The molecule has 26 heavy (non-hydrogen) atoms. The van der Waals surface area contributed by atoms with Crippen molar-refractivity contribution in [2.24, 2.45) is 0 Å². The number of nitrogens with one attached hydrogen (secondary N) is 1. The van der Waals surface area contributed by atoms with Crippen molar-refractivity contribution < 1.29 is 4.79 Å². The fraction of sp³-hybridized carbons (Fsp3) is 0.444. The minimum atomic E-state index is -0.0381. The Morgan fingerprint density at radius 1 is 1.31 bits per heavy atom. The topological polar surface area (TPSA) is 81.9 Å². The number of aromatic nitrogens is 2. The molecule has 0 aliphatic heterocycles. The molecule has 0 aliphatic rings. The predicted molar refractivity (Wildman–Crippen MR) is 108 cm³/mol. The molecule has 1 N–H and O–H groups in total. The van der Waals surface area contributed by atoms with Gasteiger partial charge in [-0.15, -0.1) is 10.2 Å². The van der Waals surface area contributed by atoms with Gasteiger partial charge in [0, 0.05) is 18.3 Å². The predicted octanol–water partition coefficient (Wildman–Crippen LogP) is 4.01. The first-order valence-corrected chi connectivity index (χ1v) is 10.2. The molecule has 6 nitrogen and oxygen atoms in total. The molecule has 138 valence electrons. The fourth-order valence-corrected chi connectivity index (χ4v) is 4.21. The number of aryl methyl sites for hydroxylation is 2. The van der Waals surface area contributed by atoms with Gasteiger partial charge in [0.1, 0.15) is 0 Å². The van der Waals surface area contributed by atoms with E-state index >= 15 is 0 Å². The molecule has 0 saturated heterocycles. The zero-order valence-corrected chi connectivity index (χ0v) is 17.1. The van der Waals surface area contributed by atoms with E-state index in [0.717, 1.165) is 26.3 Å². The summed E-state index contributed by atoms with van der Waals surface area (Å²) < 4.78 is 0.752. The van der Waals surface area contributed by atoms with E-state index in [1.54, 1.807) is 4.90 Å². The Morgan fingerprint density at radius 3 is 2.62 bits per heavy atom. The van der Waals surface area contributed by atoms with Crippen LogP contribution in [0.4, 0.5) is 10.8 Å². The lowest BCUT2D eigenvalue weighted by atomic mass is 10.1. The van der Waals surface area contributed by atoms with Gasteiger partial charge in [0.2, 0.25) is 11.0 Å². The summed E-state index contributed by atoms with van der Waals surface area (Å²) >= 11 is 2.81. The number of anilines is 2. The van der Waals surface area contributed by atoms with Gasteiger partial charge in [-0.25, -0.2) is 0 Å². The zero-order valence-electron chi connectivity index (χ0n) is 15.4. The molecular weight excluding hydrogens is 366 g/mol. The van der Waals surface area contributed by atoms with Crippen molar-refractivity contribution >= 4 is 39.8 Å². The van der Waals surface area contributed by atoms with E-state index in [0.29, 0.717) is 13.0 Å². The first-order chi connectivity index (χ1) is 12.4. The van der Waals surface area contributed by atoms with Crippen LogP contribution in [0.15, 0.2) is 22.5 Å². The smallest absolute Gasteiger partial charge is 0.237 e. The maximum atomic E-state index is 12.8. The number of carbonyl (C=O) groups excluding carboxylic acids is 1. The SMILES string of the molecule is Cc1cc(C)cc(N(CCC#N)C(=O)CSc2nnc(NC(C)C)s2)c1. The average molecular weight is 390 g/mol.